The van der Waals surface area contributed by atoms with Crippen molar-refractivity contribution in [2.75, 3.05) is 18.9 Å². The first-order valence-electron chi connectivity index (χ1n) is 5.38. The summed E-state index contributed by atoms with van der Waals surface area (Å²) in [5, 5.41) is 8.03. The highest BCUT2D eigenvalue weighted by molar-refractivity contribution is 5.88. The molecule has 0 spiro atoms. The topological polar surface area (TPSA) is 89.7 Å². The van der Waals surface area contributed by atoms with E-state index < -0.39 is 0 Å². The lowest BCUT2D eigenvalue weighted by atomic mass is 9.97. The lowest BCUT2D eigenvalue weighted by Gasteiger charge is -2.20. The SMILES string of the molecule is Nc1ncnc2[nH]nc(C3CCCOC3)c12. The third kappa shape index (κ3) is 1.42. The van der Waals surface area contributed by atoms with Crippen molar-refractivity contribution in [1.82, 2.24) is 20.2 Å². The minimum Gasteiger partial charge on any atom is -0.383 e. The maximum absolute atomic E-state index is 5.86. The zero-order valence-corrected chi connectivity index (χ0v) is 8.81. The smallest absolute Gasteiger partial charge is 0.160 e. The van der Waals surface area contributed by atoms with Crippen LogP contribution in [0.4, 0.5) is 5.82 Å². The zero-order valence-electron chi connectivity index (χ0n) is 8.81. The van der Waals surface area contributed by atoms with E-state index in [0.717, 1.165) is 30.5 Å². The molecule has 1 aliphatic rings. The average molecular weight is 219 g/mol. The van der Waals surface area contributed by atoms with E-state index in [0.29, 0.717) is 24.0 Å². The molecule has 2 aromatic heterocycles. The normalized spacial score (nSPS) is 21.4. The lowest BCUT2D eigenvalue weighted by molar-refractivity contribution is 0.0796. The fourth-order valence-electron chi connectivity index (χ4n) is 2.16. The molecule has 84 valence electrons. The summed E-state index contributed by atoms with van der Waals surface area (Å²) in [6, 6.07) is 0. The van der Waals surface area contributed by atoms with Crippen molar-refractivity contribution in [3.63, 3.8) is 0 Å². The van der Waals surface area contributed by atoms with Gasteiger partial charge < -0.3 is 10.5 Å². The van der Waals surface area contributed by atoms with Crippen molar-refractivity contribution in [3.05, 3.63) is 12.0 Å². The maximum atomic E-state index is 5.86. The second-order valence-electron chi connectivity index (χ2n) is 4.01. The van der Waals surface area contributed by atoms with E-state index in [1.165, 1.54) is 6.33 Å². The number of hydrogen-bond acceptors (Lipinski definition) is 5. The molecule has 0 amide bonds. The third-order valence-electron chi connectivity index (χ3n) is 2.96. The van der Waals surface area contributed by atoms with Gasteiger partial charge in [-0.3, -0.25) is 5.10 Å². The van der Waals surface area contributed by atoms with Gasteiger partial charge in [0.05, 0.1) is 17.7 Å². The van der Waals surface area contributed by atoms with Crippen molar-refractivity contribution in [2.24, 2.45) is 0 Å². The van der Waals surface area contributed by atoms with Gasteiger partial charge in [0.2, 0.25) is 0 Å². The van der Waals surface area contributed by atoms with Gasteiger partial charge in [-0.1, -0.05) is 0 Å². The van der Waals surface area contributed by atoms with E-state index in [1.807, 2.05) is 0 Å². The first-order chi connectivity index (χ1) is 7.86. The molecule has 16 heavy (non-hydrogen) atoms. The Labute approximate surface area is 92.2 Å². The zero-order chi connectivity index (χ0) is 11.0. The number of anilines is 1. The maximum Gasteiger partial charge on any atom is 0.160 e. The number of hydrogen-bond donors (Lipinski definition) is 2. The number of H-pyrrole nitrogens is 1. The number of nitrogen functional groups attached to an aromatic ring is 1. The van der Waals surface area contributed by atoms with Crippen LogP contribution in [0.1, 0.15) is 24.5 Å². The Morgan fingerprint density at radius 3 is 3.19 bits per heavy atom. The Hall–Kier alpha value is -1.69. The van der Waals surface area contributed by atoms with Gasteiger partial charge in [0.15, 0.2) is 5.65 Å². The lowest BCUT2D eigenvalue weighted by Crippen LogP contribution is -2.16. The number of rotatable bonds is 1. The summed E-state index contributed by atoms with van der Waals surface area (Å²) >= 11 is 0. The van der Waals surface area contributed by atoms with Crippen LogP contribution < -0.4 is 5.73 Å². The molecule has 6 nitrogen and oxygen atoms in total. The van der Waals surface area contributed by atoms with E-state index in [9.17, 15) is 0 Å². The molecule has 2 aromatic rings. The molecule has 3 rings (SSSR count). The van der Waals surface area contributed by atoms with Crippen LogP contribution in [0.15, 0.2) is 6.33 Å². The number of nitrogens with zero attached hydrogens (tertiary/aromatic N) is 3. The molecule has 0 bridgehead atoms. The summed E-state index contributed by atoms with van der Waals surface area (Å²) in [4.78, 5) is 8.11. The number of fused-ring (bicyclic) bond motifs is 1. The molecule has 0 saturated carbocycles. The molecule has 3 heterocycles. The summed E-state index contributed by atoms with van der Waals surface area (Å²) in [5.41, 5.74) is 7.50. The highest BCUT2D eigenvalue weighted by Gasteiger charge is 2.22. The minimum atomic E-state index is 0.302. The van der Waals surface area contributed by atoms with Crippen LogP contribution in [-0.4, -0.2) is 33.4 Å². The van der Waals surface area contributed by atoms with Gasteiger partial charge in [-0.2, -0.15) is 5.10 Å². The molecule has 1 fully saturated rings. The summed E-state index contributed by atoms with van der Waals surface area (Å²) in [5.74, 6) is 0.787. The van der Waals surface area contributed by atoms with Gasteiger partial charge in [-0.15, -0.1) is 0 Å². The van der Waals surface area contributed by atoms with Crippen LogP contribution in [-0.2, 0) is 4.74 Å². The number of nitrogens with one attached hydrogen (secondary N) is 1. The average Bonchev–Trinajstić information content (AvgIpc) is 2.75. The fraction of sp³-hybridized carbons (Fsp3) is 0.500. The van der Waals surface area contributed by atoms with Gasteiger partial charge in [0, 0.05) is 12.5 Å². The highest BCUT2D eigenvalue weighted by atomic mass is 16.5. The molecule has 6 heteroatoms. The molecule has 1 atom stereocenters. The van der Waals surface area contributed by atoms with Gasteiger partial charge in [0.25, 0.3) is 0 Å². The Kier molecular flexibility index (Phi) is 2.21. The first kappa shape index (κ1) is 9.53. The molecule has 1 unspecified atom stereocenters. The minimum absolute atomic E-state index is 0.302. The van der Waals surface area contributed by atoms with Gasteiger partial charge in [-0.25, -0.2) is 9.97 Å². The molecular weight excluding hydrogens is 206 g/mol. The summed E-state index contributed by atoms with van der Waals surface area (Å²) in [6.45, 7) is 1.54. The van der Waals surface area contributed by atoms with Gasteiger partial charge in [-0.05, 0) is 12.8 Å². The molecule has 0 aromatic carbocycles. The van der Waals surface area contributed by atoms with Crippen molar-refractivity contribution >= 4 is 16.9 Å². The molecule has 3 N–H and O–H groups in total. The Morgan fingerprint density at radius 1 is 1.44 bits per heavy atom. The summed E-state index contributed by atoms with van der Waals surface area (Å²) in [6.07, 6.45) is 3.58. The number of aromatic nitrogens is 4. The molecular formula is C10H13N5O. The van der Waals surface area contributed by atoms with Crippen LogP contribution in [0.2, 0.25) is 0 Å². The monoisotopic (exact) mass is 219 g/mol. The van der Waals surface area contributed by atoms with Crippen molar-refractivity contribution in [1.29, 1.82) is 0 Å². The van der Waals surface area contributed by atoms with Crippen molar-refractivity contribution in [3.8, 4) is 0 Å². The number of nitrogens with two attached hydrogens (primary N) is 1. The predicted octanol–water partition coefficient (Wildman–Crippen LogP) is 0.829. The molecule has 1 aliphatic heterocycles. The van der Waals surface area contributed by atoms with Crippen LogP contribution in [0.25, 0.3) is 11.0 Å². The Bertz CT molecular complexity index is 503. The Balaban J connectivity index is 2.09. The standard InChI is InChI=1S/C10H13N5O/c11-9-7-8(6-2-1-3-16-4-6)14-15-10(7)13-5-12-9/h5-6H,1-4H2,(H3,11,12,13,14,15). The van der Waals surface area contributed by atoms with Gasteiger partial charge >= 0.3 is 0 Å². The quantitative estimate of drug-likeness (QED) is 0.741. The third-order valence-corrected chi connectivity index (χ3v) is 2.96. The van der Waals surface area contributed by atoms with E-state index >= 15 is 0 Å². The van der Waals surface area contributed by atoms with Crippen LogP contribution in [0.5, 0.6) is 0 Å². The number of ether oxygens (including phenoxy) is 1. The largest absolute Gasteiger partial charge is 0.383 e. The predicted molar refractivity (Wildman–Crippen MR) is 58.9 cm³/mol. The second kappa shape index (κ2) is 3.71. The first-order valence-corrected chi connectivity index (χ1v) is 5.38. The van der Waals surface area contributed by atoms with E-state index in [2.05, 4.69) is 20.2 Å². The van der Waals surface area contributed by atoms with Crippen LogP contribution in [0, 0.1) is 0 Å². The second-order valence-corrected chi connectivity index (χ2v) is 4.01. The van der Waals surface area contributed by atoms with Crippen LogP contribution in [0.3, 0.4) is 0 Å². The van der Waals surface area contributed by atoms with Gasteiger partial charge in [0.1, 0.15) is 12.1 Å². The molecule has 0 aliphatic carbocycles. The fourth-order valence-corrected chi connectivity index (χ4v) is 2.16. The Morgan fingerprint density at radius 2 is 2.38 bits per heavy atom. The summed E-state index contributed by atoms with van der Waals surface area (Å²) < 4.78 is 5.46. The van der Waals surface area contributed by atoms with E-state index in [-0.39, 0.29) is 0 Å². The van der Waals surface area contributed by atoms with Crippen molar-refractivity contribution < 1.29 is 4.74 Å². The summed E-state index contributed by atoms with van der Waals surface area (Å²) in [7, 11) is 0. The highest BCUT2D eigenvalue weighted by Crippen LogP contribution is 2.30. The van der Waals surface area contributed by atoms with E-state index in [4.69, 9.17) is 10.5 Å². The molecule has 1 saturated heterocycles. The number of aromatic amines is 1. The molecule has 0 radical (unpaired) electrons. The van der Waals surface area contributed by atoms with Crippen molar-refractivity contribution in [2.45, 2.75) is 18.8 Å². The van der Waals surface area contributed by atoms with E-state index in [1.54, 1.807) is 0 Å². The van der Waals surface area contributed by atoms with Crippen LogP contribution >= 0.6 is 0 Å².